The number of carboxylic acids is 3. The van der Waals surface area contributed by atoms with Crippen LogP contribution in [0.3, 0.4) is 0 Å². The summed E-state index contributed by atoms with van der Waals surface area (Å²) in [5, 5.41) is 30.6. The molecule has 0 aliphatic rings. The maximum absolute atomic E-state index is 11.5. The molecule has 8 nitrogen and oxygen atoms in total. The monoisotopic (exact) mass is 486 g/mol. The zero-order chi connectivity index (χ0) is 25.4. The fourth-order valence-corrected chi connectivity index (χ4v) is 4.24. The summed E-state index contributed by atoms with van der Waals surface area (Å²) in [5.41, 5.74) is 0. The van der Waals surface area contributed by atoms with Gasteiger partial charge < -0.3 is 20.6 Å². The van der Waals surface area contributed by atoms with Gasteiger partial charge in [0, 0.05) is 0 Å². The van der Waals surface area contributed by atoms with Crippen molar-refractivity contribution in [3.8, 4) is 0 Å². The topological polar surface area (TPSA) is 127 Å². The Balaban J connectivity index is 3.61. The van der Waals surface area contributed by atoms with Crippen LogP contribution in [0, 0.1) is 0 Å². The third-order valence-electron chi connectivity index (χ3n) is 6.19. The lowest BCUT2D eigenvalue weighted by atomic mass is 10.0. The molecule has 0 radical (unpaired) electrons. The highest BCUT2D eigenvalue weighted by Crippen LogP contribution is 2.13. The van der Waals surface area contributed by atoms with E-state index in [-0.39, 0.29) is 6.42 Å². The third-order valence-corrected chi connectivity index (χ3v) is 6.19. The molecule has 8 heteroatoms. The zero-order valence-electron chi connectivity index (χ0n) is 21.4. The van der Waals surface area contributed by atoms with E-state index in [4.69, 9.17) is 10.2 Å². The third kappa shape index (κ3) is 20.9. The maximum Gasteiger partial charge on any atom is 0.320 e. The molecular weight excluding hydrogens is 436 g/mol. The summed E-state index contributed by atoms with van der Waals surface area (Å²) >= 11 is 0. The molecule has 0 aromatic heterocycles. The quantitative estimate of drug-likeness (QED) is 0.124. The Kier molecular flexibility index (Phi) is 22.0. The highest BCUT2D eigenvalue weighted by Gasteiger charge is 2.28. The highest BCUT2D eigenvalue weighted by atomic mass is 16.4. The van der Waals surface area contributed by atoms with Gasteiger partial charge in [-0.2, -0.15) is 0 Å². The van der Waals surface area contributed by atoms with Gasteiger partial charge in [0.05, 0.1) is 13.1 Å². The van der Waals surface area contributed by atoms with Crippen molar-refractivity contribution in [2.24, 2.45) is 0 Å². The molecule has 0 saturated carbocycles. The Morgan fingerprint density at radius 2 is 1.00 bits per heavy atom. The molecule has 0 amide bonds. The molecule has 0 aliphatic carbocycles. The van der Waals surface area contributed by atoms with Gasteiger partial charge >= 0.3 is 17.9 Å². The molecule has 0 rings (SSSR count). The van der Waals surface area contributed by atoms with E-state index in [0.29, 0.717) is 6.42 Å². The van der Waals surface area contributed by atoms with Crippen molar-refractivity contribution in [3.63, 3.8) is 0 Å². The second kappa shape index (κ2) is 23.1. The van der Waals surface area contributed by atoms with E-state index >= 15 is 0 Å². The molecule has 0 aliphatic heterocycles. The molecule has 0 spiro atoms. The van der Waals surface area contributed by atoms with E-state index in [2.05, 4.69) is 12.2 Å². The van der Waals surface area contributed by atoms with Crippen molar-refractivity contribution < 1.29 is 29.7 Å². The summed E-state index contributed by atoms with van der Waals surface area (Å²) in [4.78, 5) is 34.3. The molecule has 4 N–H and O–H groups in total. The van der Waals surface area contributed by atoms with Gasteiger partial charge in [-0.05, 0) is 32.4 Å². The van der Waals surface area contributed by atoms with Gasteiger partial charge in [-0.1, -0.05) is 96.8 Å². The van der Waals surface area contributed by atoms with Crippen LogP contribution in [0.2, 0.25) is 0 Å². The van der Waals surface area contributed by atoms with Crippen LogP contribution in [0.5, 0.6) is 0 Å². The Labute approximate surface area is 206 Å². The average molecular weight is 487 g/mol. The van der Waals surface area contributed by atoms with Crippen LogP contribution in [0.25, 0.3) is 0 Å². The first-order chi connectivity index (χ1) is 16.4. The molecule has 1 atom stereocenters. The maximum atomic E-state index is 11.5. The van der Waals surface area contributed by atoms with Crippen molar-refractivity contribution in [2.45, 2.75) is 122 Å². The molecule has 0 aromatic carbocycles. The molecule has 34 heavy (non-hydrogen) atoms. The minimum absolute atomic E-state index is 0.233. The minimum atomic E-state index is -1.23. The predicted molar refractivity (Wildman–Crippen MR) is 135 cm³/mol. The number of nitrogens with one attached hydrogen (secondary N) is 1. The Bertz CT molecular complexity index is 513. The van der Waals surface area contributed by atoms with Crippen LogP contribution >= 0.6 is 0 Å². The van der Waals surface area contributed by atoms with E-state index in [1.165, 1.54) is 83.5 Å². The van der Waals surface area contributed by atoms with Crippen LogP contribution < -0.4 is 5.32 Å². The lowest BCUT2D eigenvalue weighted by Crippen LogP contribution is -2.46. The van der Waals surface area contributed by atoms with E-state index in [9.17, 15) is 19.5 Å². The molecule has 0 heterocycles. The predicted octanol–water partition coefficient (Wildman–Crippen LogP) is 5.15. The number of hydrogen-bond donors (Lipinski definition) is 4. The first kappa shape index (κ1) is 32.3. The van der Waals surface area contributed by atoms with E-state index in [1.54, 1.807) is 0 Å². The fourth-order valence-electron chi connectivity index (χ4n) is 4.24. The van der Waals surface area contributed by atoms with Crippen molar-refractivity contribution in [3.05, 3.63) is 0 Å². The summed E-state index contributed by atoms with van der Waals surface area (Å²) < 4.78 is 0. The van der Waals surface area contributed by atoms with E-state index < -0.39 is 37.0 Å². The summed E-state index contributed by atoms with van der Waals surface area (Å²) in [7, 11) is 0. The molecule has 0 fully saturated rings. The standard InChI is InChI=1S/C26H50N2O6/c1-2-3-4-5-6-7-8-9-10-11-12-13-14-16-19-27-20-17-15-18-23(26(33)34)28(21-24(29)30)22-25(31)32/h23,27H,2-22H2,1H3,(H,29,30)(H,31,32)(H,33,34). The van der Waals surface area contributed by atoms with Gasteiger partial charge in [0.2, 0.25) is 0 Å². The Morgan fingerprint density at radius 3 is 1.38 bits per heavy atom. The normalized spacial score (nSPS) is 12.2. The number of aliphatic carboxylic acids is 3. The van der Waals surface area contributed by atoms with E-state index in [0.717, 1.165) is 30.8 Å². The Hall–Kier alpha value is -1.67. The summed E-state index contributed by atoms with van der Waals surface area (Å²) in [5.74, 6) is -3.65. The summed E-state index contributed by atoms with van der Waals surface area (Å²) in [6, 6.07) is -1.10. The highest BCUT2D eigenvalue weighted by molar-refractivity contribution is 5.78. The molecular formula is C26H50N2O6. The number of hydrogen-bond acceptors (Lipinski definition) is 5. The second-order valence-corrected chi connectivity index (χ2v) is 9.39. The fraction of sp³-hybridized carbons (Fsp3) is 0.885. The molecule has 1 unspecified atom stereocenters. The number of nitrogens with zero attached hydrogens (tertiary/aromatic N) is 1. The lowest BCUT2D eigenvalue weighted by molar-refractivity contribution is -0.149. The second-order valence-electron chi connectivity index (χ2n) is 9.39. The van der Waals surface area contributed by atoms with Crippen LogP contribution in [-0.4, -0.2) is 70.3 Å². The molecule has 0 bridgehead atoms. The van der Waals surface area contributed by atoms with Crippen LogP contribution in [-0.2, 0) is 14.4 Å². The molecule has 200 valence electrons. The van der Waals surface area contributed by atoms with E-state index in [1.807, 2.05) is 0 Å². The molecule has 0 saturated heterocycles. The number of carboxylic acid groups (broad SMARTS) is 3. The average Bonchev–Trinajstić information content (AvgIpc) is 2.76. The van der Waals surface area contributed by atoms with Gasteiger partial charge in [-0.3, -0.25) is 19.3 Å². The van der Waals surface area contributed by atoms with Crippen molar-refractivity contribution in [1.82, 2.24) is 10.2 Å². The first-order valence-electron chi connectivity index (χ1n) is 13.5. The number of rotatable bonds is 26. The van der Waals surface area contributed by atoms with Gasteiger partial charge in [-0.15, -0.1) is 0 Å². The van der Waals surface area contributed by atoms with Crippen LogP contribution in [0.15, 0.2) is 0 Å². The number of carbonyl (C=O) groups is 3. The van der Waals surface area contributed by atoms with Crippen LogP contribution in [0.4, 0.5) is 0 Å². The van der Waals surface area contributed by atoms with Gasteiger partial charge in [-0.25, -0.2) is 0 Å². The first-order valence-corrected chi connectivity index (χ1v) is 13.5. The smallest absolute Gasteiger partial charge is 0.320 e. The summed E-state index contributed by atoms with van der Waals surface area (Å²) in [6.07, 6.45) is 20.3. The lowest BCUT2D eigenvalue weighted by Gasteiger charge is -2.25. The SMILES string of the molecule is CCCCCCCCCCCCCCCCNCCCCC(C(=O)O)N(CC(=O)O)CC(=O)O. The Morgan fingerprint density at radius 1 is 0.618 bits per heavy atom. The molecule has 0 aromatic rings. The zero-order valence-corrected chi connectivity index (χ0v) is 21.4. The van der Waals surface area contributed by atoms with Crippen molar-refractivity contribution >= 4 is 17.9 Å². The van der Waals surface area contributed by atoms with Gasteiger partial charge in [0.1, 0.15) is 6.04 Å². The summed E-state index contributed by atoms with van der Waals surface area (Å²) in [6.45, 7) is 2.79. The van der Waals surface area contributed by atoms with Gasteiger partial charge in [0.25, 0.3) is 0 Å². The largest absolute Gasteiger partial charge is 0.480 e. The number of unbranched alkanes of at least 4 members (excludes halogenated alkanes) is 14. The van der Waals surface area contributed by atoms with Crippen molar-refractivity contribution in [1.29, 1.82) is 0 Å². The minimum Gasteiger partial charge on any atom is -0.480 e. The van der Waals surface area contributed by atoms with Gasteiger partial charge in [0.15, 0.2) is 0 Å². The van der Waals surface area contributed by atoms with Crippen LogP contribution in [0.1, 0.15) is 116 Å². The van der Waals surface area contributed by atoms with Crippen molar-refractivity contribution in [2.75, 3.05) is 26.2 Å².